The van der Waals surface area contributed by atoms with Crippen LogP contribution in [0.5, 0.6) is 0 Å². The number of likely N-dealkylation sites (N-methyl/N-ethyl adjacent to an activating group) is 1. The molecule has 0 aliphatic carbocycles. The molecule has 0 bridgehead atoms. The number of carboxylic acid groups (broad SMARTS) is 1. The van der Waals surface area contributed by atoms with Crippen LogP contribution in [0, 0.1) is 0 Å². The van der Waals surface area contributed by atoms with E-state index in [2.05, 4.69) is 16.8 Å². The summed E-state index contributed by atoms with van der Waals surface area (Å²) in [6.45, 7) is 11.4. The van der Waals surface area contributed by atoms with Gasteiger partial charge in [0.25, 0.3) is 0 Å². The molecular formula is C14H22N2O3S. The zero-order valence-electron chi connectivity index (χ0n) is 12.5. The fourth-order valence-electron chi connectivity index (χ4n) is 2.27. The van der Waals surface area contributed by atoms with E-state index in [9.17, 15) is 9.90 Å². The number of nitrogens with zero attached hydrogens (tertiary/aromatic N) is 2. The van der Waals surface area contributed by atoms with Gasteiger partial charge in [-0.15, -0.1) is 11.3 Å². The van der Waals surface area contributed by atoms with E-state index in [0.29, 0.717) is 17.2 Å². The Morgan fingerprint density at radius 3 is 2.75 bits per heavy atom. The smallest absolute Gasteiger partial charge is 0.347 e. The summed E-state index contributed by atoms with van der Waals surface area (Å²) in [5, 5.41) is 10.1. The van der Waals surface area contributed by atoms with Crippen molar-refractivity contribution in [2.75, 3.05) is 26.2 Å². The van der Waals surface area contributed by atoms with Gasteiger partial charge in [0.15, 0.2) is 0 Å². The summed E-state index contributed by atoms with van der Waals surface area (Å²) in [6.07, 6.45) is -0.108. The molecule has 0 spiro atoms. The Balaban J connectivity index is 2.31. The number of thiazole rings is 1. The van der Waals surface area contributed by atoms with Gasteiger partial charge in [0, 0.05) is 18.5 Å². The lowest BCUT2D eigenvalue weighted by atomic mass is 9.91. The highest BCUT2D eigenvalue weighted by molar-refractivity contribution is 7.13. The topological polar surface area (TPSA) is 62.7 Å². The number of hydrogen-bond acceptors (Lipinski definition) is 5. The van der Waals surface area contributed by atoms with Crippen molar-refractivity contribution in [2.45, 2.75) is 39.2 Å². The molecule has 0 amide bonds. The Morgan fingerprint density at radius 1 is 1.55 bits per heavy atom. The van der Waals surface area contributed by atoms with E-state index in [1.807, 2.05) is 20.8 Å². The highest BCUT2D eigenvalue weighted by Gasteiger charge is 2.31. The minimum Gasteiger partial charge on any atom is -0.477 e. The van der Waals surface area contributed by atoms with Gasteiger partial charge in [-0.05, 0) is 6.54 Å². The second-order valence-corrected chi connectivity index (χ2v) is 7.07. The number of carboxylic acids is 1. The van der Waals surface area contributed by atoms with E-state index in [0.717, 1.165) is 24.6 Å². The number of aromatic nitrogens is 1. The zero-order chi connectivity index (χ0) is 14.9. The molecular weight excluding hydrogens is 276 g/mol. The molecule has 1 fully saturated rings. The average molecular weight is 298 g/mol. The van der Waals surface area contributed by atoms with Crippen LogP contribution in [0.25, 0.3) is 0 Å². The molecule has 0 saturated carbocycles. The molecule has 2 heterocycles. The van der Waals surface area contributed by atoms with Crippen LogP contribution in [-0.4, -0.2) is 47.2 Å². The third-order valence-electron chi connectivity index (χ3n) is 3.42. The predicted octanol–water partition coefficient (Wildman–Crippen LogP) is 2.53. The van der Waals surface area contributed by atoms with Gasteiger partial charge in [0.1, 0.15) is 16.0 Å². The molecule has 0 aromatic carbocycles. The molecule has 1 unspecified atom stereocenters. The normalized spacial score (nSPS) is 21.1. The van der Waals surface area contributed by atoms with Crippen LogP contribution in [0.4, 0.5) is 0 Å². The van der Waals surface area contributed by atoms with Crippen molar-refractivity contribution in [2.24, 2.45) is 0 Å². The maximum absolute atomic E-state index is 11.4. The summed E-state index contributed by atoms with van der Waals surface area (Å²) in [5.74, 6) is -0.901. The van der Waals surface area contributed by atoms with Crippen molar-refractivity contribution in [1.29, 1.82) is 0 Å². The van der Waals surface area contributed by atoms with E-state index < -0.39 is 5.97 Å². The molecule has 2 rings (SSSR count). The van der Waals surface area contributed by atoms with Crippen LogP contribution in [-0.2, 0) is 10.2 Å². The van der Waals surface area contributed by atoms with Crippen molar-refractivity contribution in [3.63, 3.8) is 0 Å². The fourth-order valence-corrected chi connectivity index (χ4v) is 3.42. The predicted molar refractivity (Wildman–Crippen MR) is 78.6 cm³/mol. The summed E-state index contributed by atoms with van der Waals surface area (Å²) in [4.78, 5) is 18.6. The van der Waals surface area contributed by atoms with Crippen molar-refractivity contribution in [3.8, 4) is 0 Å². The van der Waals surface area contributed by atoms with Gasteiger partial charge in [-0.25, -0.2) is 9.78 Å². The number of morpholine rings is 1. The summed E-state index contributed by atoms with van der Waals surface area (Å²) >= 11 is 1.25. The van der Waals surface area contributed by atoms with E-state index in [-0.39, 0.29) is 11.5 Å². The molecule has 1 saturated heterocycles. The fraction of sp³-hybridized carbons (Fsp3) is 0.714. The minimum absolute atomic E-state index is 0.108. The van der Waals surface area contributed by atoms with Crippen LogP contribution in [0.15, 0.2) is 0 Å². The molecule has 1 aliphatic heterocycles. The van der Waals surface area contributed by atoms with Gasteiger partial charge in [0.05, 0.1) is 12.3 Å². The van der Waals surface area contributed by atoms with E-state index in [1.165, 1.54) is 11.3 Å². The second kappa shape index (κ2) is 5.79. The van der Waals surface area contributed by atoms with Gasteiger partial charge < -0.3 is 9.84 Å². The zero-order valence-corrected chi connectivity index (χ0v) is 13.3. The minimum atomic E-state index is -0.901. The van der Waals surface area contributed by atoms with Gasteiger partial charge in [0.2, 0.25) is 0 Å². The third kappa shape index (κ3) is 3.19. The lowest BCUT2D eigenvalue weighted by Gasteiger charge is -2.30. The second-order valence-electron chi connectivity index (χ2n) is 6.04. The maximum atomic E-state index is 11.4. The molecule has 1 aromatic rings. The average Bonchev–Trinajstić information content (AvgIpc) is 2.84. The lowest BCUT2D eigenvalue weighted by Crippen LogP contribution is -2.38. The van der Waals surface area contributed by atoms with Crippen LogP contribution in [0.1, 0.15) is 54.2 Å². The molecule has 1 atom stereocenters. The first-order valence-corrected chi connectivity index (χ1v) is 7.73. The number of ether oxygens (including phenoxy) is 1. The SMILES string of the molecule is CCN1CCOC(c2nc(C(C)(C)C)c(C(=O)O)s2)C1. The monoisotopic (exact) mass is 298 g/mol. The quantitative estimate of drug-likeness (QED) is 0.929. The van der Waals surface area contributed by atoms with Gasteiger partial charge in [-0.2, -0.15) is 0 Å². The molecule has 1 aromatic heterocycles. The summed E-state index contributed by atoms with van der Waals surface area (Å²) in [6, 6.07) is 0. The van der Waals surface area contributed by atoms with E-state index in [4.69, 9.17) is 4.74 Å². The molecule has 6 heteroatoms. The Labute approximate surface area is 123 Å². The standard InChI is InChI=1S/C14H22N2O3S/c1-5-16-6-7-19-9(8-16)12-15-11(14(2,3)4)10(20-12)13(17)18/h9H,5-8H2,1-4H3,(H,17,18). The van der Waals surface area contributed by atoms with Gasteiger partial charge >= 0.3 is 5.97 Å². The number of hydrogen-bond donors (Lipinski definition) is 1. The highest BCUT2D eigenvalue weighted by Crippen LogP contribution is 2.34. The molecule has 0 radical (unpaired) electrons. The summed E-state index contributed by atoms with van der Waals surface area (Å²) in [7, 11) is 0. The summed E-state index contributed by atoms with van der Waals surface area (Å²) < 4.78 is 5.77. The first-order valence-electron chi connectivity index (χ1n) is 6.91. The van der Waals surface area contributed by atoms with Crippen LogP contribution in [0.3, 0.4) is 0 Å². The largest absolute Gasteiger partial charge is 0.477 e. The first-order chi connectivity index (χ1) is 9.32. The third-order valence-corrected chi connectivity index (χ3v) is 4.56. The molecule has 1 aliphatic rings. The Morgan fingerprint density at radius 2 is 2.25 bits per heavy atom. The molecule has 112 valence electrons. The van der Waals surface area contributed by atoms with Crippen molar-refractivity contribution < 1.29 is 14.6 Å². The Bertz CT molecular complexity index is 493. The van der Waals surface area contributed by atoms with Gasteiger partial charge in [-0.1, -0.05) is 27.7 Å². The van der Waals surface area contributed by atoms with Crippen LogP contribution < -0.4 is 0 Å². The van der Waals surface area contributed by atoms with Gasteiger partial charge in [-0.3, -0.25) is 4.90 Å². The number of aromatic carboxylic acids is 1. The Kier molecular flexibility index (Phi) is 4.46. The number of rotatable bonds is 3. The first kappa shape index (κ1) is 15.4. The van der Waals surface area contributed by atoms with Crippen LogP contribution in [0.2, 0.25) is 0 Å². The van der Waals surface area contributed by atoms with E-state index >= 15 is 0 Å². The van der Waals surface area contributed by atoms with Crippen molar-refractivity contribution in [3.05, 3.63) is 15.6 Å². The molecule has 20 heavy (non-hydrogen) atoms. The number of carbonyl (C=O) groups is 1. The molecule has 5 nitrogen and oxygen atoms in total. The Hall–Kier alpha value is -0.980. The maximum Gasteiger partial charge on any atom is 0.347 e. The van der Waals surface area contributed by atoms with Crippen molar-refractivity contribution >= 4 is 17.3 Å². The van der Waals surface area contributed by atoms with Crippen LogP contribution >= 0.6 is 11.3 Å². The highest BCUT2D eigenvalue weighted by atomic mass is 32.1. The summed E-state index contributed by atoms with van der Waals surface area (Å²) in [5.41, 5.74) is 0.379. The van der Waals surface area contributed by atoms with E-state index in [1.54, 1.807) is 0 Å². The molecule has 1 N–H and O–H groups in total. The van der Waals surface area contributed by atoms with Crippen molar-refractivity contribution in [1.82, 2.24) is 9.88 Å². The lowest BCUT2D eigenvalue weighted by molar-refractivity contribution is -0.0283.